The summed E-state index contributed by atoms with van der Waals surface area (Å²) in [5, 5.41) is 7.90. The first kappa shape index (κ1) is 19.8. The highest BCUT2D eigenvalue weighted by Gasteiger charge is 2.11. The van der Waals surface area contributed by atoms with Gasteiger partial charge in [0, 0.05) is 18.7 Å². The van der Waals surface area contributed by atoms with Crippen molar-refractivity contribution in [2.75, 3.05) is 5.32 Å². The van der Waals surface area contributed by atoms with E-state index >= 15 is 0 Å². The van der Waals surface area contributed by atoms with Gasteiger partial charge in [-0.25, -0.2) is 4.98 Å². The van der Waals surface area contributed by atoms with E-state index in [9.17, 15) is 9.59 Å². The summed E-state index contributed by atoms with van der Waals surface area (Å²) in [6.07, 6.45) is 2.11. The molecule has 0 spiro atoms. The highest BCUT2D eigenvalue weighted by molar-refractivity contribution is 7.14. The fourth-order valence-electron chi connectivity index (χ4n) is 2.65. The van der Waals surface area contributed by atoms with E-state index < -0.39 is 0 Å². The van der Waals surface area contributed by atoms with Gasteiger partial charge in [0.25, 0.3) is 0 Å². The van der Waals surface area contributed by atoms with Gasteiger partial charge >= 0.3 is 0 Å². The molecule has 0 radical (unpaired) electrons. The highest BCUT2D eigenvalue weighted by atomic mass is 32.1. The summed E-state index contributed by atoms with van der Waals surface area (Å²) in [4.78, 5) is 27.6. The fourth-order valence-corrected chi connectivity index (χ4v) is 3.36. The van der Waals surface area contributed by atoms with Crippen LogP contribution in [-0.2, 0) is 29.0 Å². The second-order valence-electron chi connectivity index (χ2n) is 6.43. The van der Waals surface area contributed by atoms with Crippen LogP contribution in [0.25, 0.3) is 11.5 Å². The normalized spacial score (nSPS) is 10.6. The van der Waals surface area contributed by atoms with E-state index in [1.165, 1.54) is 23.8 Å². The van der Waals surface area contributed by atoms with Crippen LogP contribution in [0.1, 0.15) is 37.2 Å². The number of hydrogen-bond acceptors (Lipinski definition) is 5. The molecule has 1 aromatic carbocycles. The number of aryl methyl sites for hydroxylation is 2. The van der Waals surface area contributed by atoms with Crippen molar-refractivity contribution < 1.29 is 14.0 Å². The Balaban J connectivity index is 1.52. The smallest absolute Gasteiger partial charge is 0.226 e. The lowest BCUT2D eigenvalue weighted by Gasteiger charge is -2.03. The Bertz CT molecular complexity index is 944. The summed E-state index contributed by atoms with van der Waals surface area (Å²) in [5.74, 6) is 1.08. The topological polar surface area (TPSA) is 84.2 Å². The van der Waals surface area contributed by atoms with Crippen molar-refractivity contribution in [3.63, 3.8) is 0 Å². The van der Waals surface area contributed by atoms with Gasteiger partial charge in [0.1, 0.15) is 11.5 Å². The Morgan fingerprint density at radius 1 is 1.11 bits per heavy atom. The molecular formula is C21H23N3O3S. The van der Waals surface area contributed by atoms with Crippen molar-refractivity contribution in [2.24, 2.45) is 0 Å². The summed E-state index contributed by atoms with van der Waals surface area (Å²) in [6, 6.07) is 11.9. The predicted octanol–water partition coefficient (Wildman–Crippen LogP) is 4.17. The minimum absolute atomic E-state index is 0.0636. The van der Waals surface area contributed by atoms with Crippen LogP contribution >= 0.6 is 11.3 Å². The number of furan rings is 1. The summed E-state index contributed by atoms with van der Waals surface area (Å²) < 4.78 is 5.68. The molecule has 146 valence electrons. The standard InChI is InChI=1S/C21H23N3O3S/c1-3-15-4-6-16(7-5-15)8-11-20(26)24-21-23-18(13-28-21)19-10-9-17(27-19)12-22-14(2)25/h4-7,9-10,13H,3,8,11-12H2,1-2H3,(H,22,25)(H,23,24,26). The van der Waals surface area contributed by atoms with Gasteiger partial charge in [0.15, 0.2) is 10.9 Å². The maximum absolute atomic E-state index is 12.2. The van der Waals surface area contributed by atoms with Crippen molar-refractivity contribution in [1.82, 2.24) is 10.3 Å². The van der Waals surface area contributed by atoms with Gasteiger partial charge in [0.05, 0.1) is 6.54 Å². The number of nitrogens with zero attached hydrogens (tertiary/aromatic N) is 1. The van der Waals surface area contributed by atoms with Crippen LogP contribution in [0.2, 0.25) is 0 Å². The van der Waals surface area contributed by atoms with Crippen LogP contribution in [0.3, 0.4) is 0 Å². The molecule has 2 heterocycles. The summed E-state index contributed by atoms with van der Waals surface area (Å²) >= 11 is 1.35. The SMILES string of the molecule is CCc1ccc(CCC(=O)Nc2nc(-c3ccc(CNC(C)=O)o3)cs2)cc1. The van der Waals surface area contributed by atoms with Crippen molar-refractivity contribution in [2.45, 2.75) is 39.7 Å². The van der Waals surface area contributed by atoms with E-state index in [4.69, 9.17) is 4.42 Å². The number of anilines is 1. The minimum atomic E-state index is -0.113. The summed E-state index contributed by atoms with van der Waals surface area (Å²) in [7, 11) is 0. The van der Waals surface area contributed by atoms with Crippen LogP contribution in [0.4, 0.5) is 5.13 Å². The molecule has 0 fully saturated rings. The first-order chi connectivity index (χ1) is 13.5. The monoisotopic (exact) mass is 397 g/mol. The Morgan fingerprint density at radius 2 is 1.86 bits per heavy atom. The number of amides is 2. The molecule has 28 heavy (non-hydrogen) atoms. The van der Waals surface area contributed by atoms with Gasteiger partial charge in [0.2, 0.25) is 11.8 Å². The van der Waals surface area contributed by atoms with E-state index in [1.54, 1.807) is 12.1 Å². The number of carbonyl (C=O) groups is 2. The number of benzene rings is 1. The molecule has 0 aliphatic heterocycles. The molecule has 2 aromatic heterocycles. The third-order valence-corrected chi connectivity index (χ3v) is 5.01. The molecule has 0 bridgehead atoms. The molecular weight excluding hydrogens is 374 g/mol. The van der Waals surface area contributed by atoms with E-state index in [0.29, 0.717) is 41.7 Å². The third kappa shape index (κ3) is 5.53. The Hall–Kier alpha value is -2.93. The zero-order chi connectivity index (χ0) is 19.9. The van der Waals surface area contributed by atoms with Crippen LogP contribution in [0.15, 0.2) is 46.2 Å². The predicted molar refractivity (Wildman–Crippen MR) is 110 cm³/mol. The van der Waals surface area contributed by atoms with E-state index in [-0.39, 0.29) is 11.8 Å². The Morgan fingerprint density at radius 3 is 2.57 bits per heavy atom. The van der Waals surface area contributed by atoms with Crippen LogP contribution in [0.5, 0.6) is 0 Å². The zero-order valence-electron chi connectivity index (χ0n) is 16.0. The average molecular weight is 398 g/mol. The van der Waals surface area contributed by atoms with E-state index in [0.717, 1.165) is 12.0 Å². The molecule has 2 N–H and O–H groups in total. The highest BCUT2D eigenvalue weighted by Crippen LogP contribution is 2.26. The van der Waals surface area contributed by atoms with Gasteiger partial charge in [-0.2, -0.15) is 0 Å². The summed E-state index contributed by atoms with van der Waals surface area (Å²) in [5.41, 5.74) is 3.10. The minimum Gasteiger partial charge on any atom is -0.458 e. The largest absolute Gasteiger partial charge is 0.458 e. The maximum Gasteiger partial charge on any atom is 0.226 e. The number of aromatic nitrogens is 1. The maximum atomic E-state index is 12.2. The van der Waals surface area contributed by atoms with Crippen LogP contribution < -0.4 is 10.6 Å². The average Bonchev–Trinajstić information content (AvgIpc) is 3.34. The fraction of sp³-hybridized carbons (Fsp3) is 0.286. The Kier molecular flexibility index (Phi) is 6.60. The van der Waals surface area contributed by atoms with Crippen molar-refractivity contribution in [3.05, 3.63) is 58.7 Å². The number of rotatable bonds is 8. The van der Waals surface area contributed by atoms with Gasteiger partial charge in [-0.3, -0.25) is 9.59 Å². The molecule has 0 saturated heterocycles. The number of carbonyl (C=O) groups excluding carboxylic acids is 2. The molecule has 2 amide bonds. The first-order valence-electron chi connectivity index (χ1n) is 9.20. The molecule has 3 aromatic rings. The number of thiazole rings is 1. The Labute approximate surface area is 168 Å². The molecule has 0 atom stereocenters. The lowest BCUT2D eigenvalue weighted by Crippen LogP contribution is -2.18. The van der Waals surface area contributed by atoms with Crippen molar-refractivity contribution >= 4 is 28.3 Å². The number of hydrogen-bond donors (Lipinski definition) is 2. The lowest BCUT2D eigenvalue weighted by molar-refractivity contribution is -0.119. The van der Waals surface area contributed by atoms with Gasteiger partial charge in [-0.15, -0.1) is 11.3 Å². The van der Waals surface area contributed by atoms with Crippen LogP contribution in [0, 0.1) is 0 Å². The van der Waals surface area contributed by atoms with E-state index in [1.807, 2.05) is 5.38 Å². The van der Waals surface area contributed by atoms with Crippen molar-refractivity contribution in [3.8, 4) is 11.5 Å². The molecule has 0 aliphatic carbocycles. The second-order valence-corrected chi connectivity index (χ2v) is 7.29. The molecule has 0 saturated carbocycles. The zero-order valence-corrected chi connectivity index (χ0v) is 16.8. The first-order valence-corrected chi connectivity index (χ1v) is 10.1. The molecule has 6 nitrogen and oxygen atoms in total. The third-order valence-electron chi connectivity index (χ3n) is 4.25. The lowest BCUT2D eigenvalue weighted by atomic mass is 10.1. The van der Waals surface area contributed by atoms with E-state index in [2.05, 4.69) is 46.8 Å². The summed E-state index contributed by atoms with van der Waals surface area (Å²) in [6.45, 7) is 3.92. The molecule has 0 aliphatic rings. The van der Waals surface area contributed by atoms with Gasteiger partial charge in [-0.05, 0) is 36.1 Å². The molecule has 0 unspecified atom stereocenters. The van der Waals surface area contributed by atoms with Gasteiger partial charge in [-0.1, -0.05) is 31.2 Å². The quantitative estimate of drug-likeness (QED) is 0.597. The van der Waals surface area contributed by atoms with Crippen LogP contribution in [-0.4, -0.2) is 16.8 Å². The second kappa shape index (κ2) is 9.32. The number of nitrogens with one attached hydrogen (secondary N) is 2. The van der Waals surface area contributed by atoms with Gasteiger partial charge < -0.3 is 15.1 Å². The molecule has 3 rings (SSSR count). The van der Waals surface area contributed by atoms with Crippen molar-refractivity contribution in [1.29, 1.82) is 0 Å². The molecule has 7 heteroatoms.